The Morgan fingerprint density at radius 1 is 1.25 bits per heavy atom. The van der Waals surface area contributed by atoms with E-state index in [1.807, 2.05) is 19.1 Å². The van der Waals surface area contributed by atoms with Gasteiger partial charge in [0.15, 0.2) is 0 Å². The fraction of sp³-hybridized carbons (Fsp3) is 0.529. The highest BCUT2D eigenvalue weighted by Crippen LogP contribution is 2.30. The number of nitrogens with one attached hydrogen (secondary N) is 1. The lowest BCUT2D eigenvalue weighted by Gasteiger charge is -2.23. The van der Waals surface area contributed by atoms with Gasteiger partial charge in [0.25, 0.3) is 0 Å². The van der Waals surface area contributed by atoms with Crippen molar-refractivity contribution in [2.75, 3.05) is 14.2 Å². The van der Waals surface area contributed by atoms with E-state index in [2.05, 4.69) is 21.2 Å². The van der Waals surface area contributed by atoms with Crippen LogP contribution >= 0.6 is 15.9 Å². The summed E-state index contributed by atoms with van der Waals surface area (Å²) in [6.45, 7) is 7.17. The molecule has 1 aromatic rings. The van der Waals surface area contributed by atoms with Gasteiger partial charge in [0.05, 0.1) is 18.7 Å². The minimum atomic E-state index is -0.843. The zero-order valence-electron chi connectivity index (χ0n) is 14.9. The predicted molar refractivity (Wildman–Crippen MR) is 94.3 cm³/mol. The van der Waals surface area contributed by atoms with Gasteiger partial charge in [0.2, 0.25) is 0 Å². The highest BCUT2D eigenvalue weighted by molar-refractivity contribution is 9.10. The van der Waals surface area contributed by atoms with E-state index in [4.69, 9.17) is 14.2 Å². The summed E-state index contributed by atoms with van der Waals surface area (Å²) >= 11 is 3.44. The van der Waals surface area contributed by atoms with Gasteiger partial charge in [-0.15, -0.1) is 0 Å². The number of hydrogen-bond donors (Lipinski definition) is 1. The molecule has 0 aromatic heterocycles. The maximum Gasteiger partial charge on any atom is 0.408 e. The van der Waals surface area contributed by atoms with Crippen molar-refractivity contribution in [1.82, 2.24) is 5.32 Å². The molecule has 1 aromatic carbocycles. The van der Waals surface area contributed by atoms with E-state index >= 15 is 0 Å². The number of amides is 1. The summed E-state index contributed by atoms with van der Waals surface area (Å²) in [4.78, 5) is 23.9. The summed E-state index contributed by atoms with van der Waals surface area (Å²) in [5.41, 5.74) is 1.12. The van der Waals surface area contributed by atoms with E-state index in [1.54, 1.807) is 27.9 Å². The predicted octanol–water partition coefficient (Wildman–Crippen LogP) is 3.37. The quantitative estimate of drug-likeness (QED) is 0.765. The molecule has 0 spiro atoms. The van der Waals surface area contributed by atoms with Crippen molar-refractivity contribution in [2.45, 2.75) is 45.8 Å². The van der Waals surface area contributed by atoms with E-state index in [1.165, 1.54) is 7.11 Å². The number of carbonyl (C=O) groups is 2. The van der Waals surface area contributed by atoms with E-state index in [0.717, 1.165) is 21.3 Å². The molecule has 0 aliphatic carbocycles. The van der Waals surface area contributed by atoms with Gasteiger partial charge < -0.3 is 19.5 Å². The molecule has 0 heterocycles. The molecule has 1 amide bonds. The maximum absolute atomic E-state index is 12.0. The Morgan fingerprint density at radius 2 is 1.88 bits per heavy atom. The van der Waals surface area contributed by atoms with Gasteiger partial charge in [-0.05, 0) is 60.8 Å². The molecule has 0 fully saturated rings. The first-order valence-corrected chi connectivity index (χ1v) is 8.27. The molecule has 0 aliphatic heterocycles. The number of carbonyl (C=O) groups excluding carboxylic acids is 2. The number of halogens is 1. The lowest BCUT2D eigenvalue weighted by molar-refractivity contribution is -0.143. The van der Waals surface area contributed by atoms with Crippen LogP contribution in [0.15, 0.2) is 16.6 Å². The molecule has 1 N–H and O–H groups in total. The van der Waals surface area contributed by atoms with Crippen LogP contribution in [0, 0.1) is 6.92 Å². The Hall–Kier alpha value is -1.76. The van der Waals surface area contributed by atoms with Crippen molar-refractivity contribution in [1.29, 1.82) is 0 Å². The number of aryl methyl sites for hydroxylation is 1. The van der Waals surface area contributed by atoms with Gasteiger partial charge in [0.1, 0.15) is 17.4 Å². The Kier molecular flexibility index (Phi) is 7.08. The first-order chi connectivity index (χ1) is 11.1. The molecule has 134 valence electrons. The normalized spacial score (nSPS) is 12.3. The third kappa shape index (κ3) is 6.03. The monoisotopic (exact) mass is 401 g/mol. The van der Waals surface area contributed by atoms with E-state index in [0.29, 0.717) is 0 Å². The number of alkyl carbamates (subject to hydrolysis) is 1. The molecule has 0 saturated heterocycles. The Morgan fingerprint density at radius 3 is 2.33 bits per heavy atom. The first kappa shape index (κ1) is 20.3. The molecule has 24 heavy (non-hydrogen) atoms. The van der Waals surface area contributed by atoms with Crippen molar-refractivity contribution in [3.05, 3.63) is 27.7 Å². The van der Waals surface area contributed by atoms with Crippen molar-refractivity contribution in [2.24, 2.45) is 0 Å². The van der Waals surface area contributed by atoms with Crippen LogP contribution in [0.4, 0.5) is 4.79 Å². The average molecular weight is 402 g/mol. The Bertz CT molecular complexity index is 586. The maximum atomic E-state index is 12.0. The van der Waals surface area contributed by atoms with Crippen molar-refractivity contribution in [3.8, 4) is 5.75 Å². The molecule has 1 rings (SSSR count). The van der Waals surface area contributed by atoms with Crippen LogP contribution in [0.25, 0.3) is 0 Å². The summed E-state index contributed by atoms with van der Waals surface area (Å²) in [5.74, 6) is 0.193. The van der Waals surface area contributed by atoms with Gasteiger partial charge in [0, 0.05) is 6.42 Å². The van der Waals surface area contributed by atoms with Gasteiger partial charge in [-0.1, -0.05) is 6.07 Å². The number of methoxy groups -OCH3 is 2. The highest BCUT2D eigenvalue weighted by atomic mass is 79.9. The minimum Gasteiger partial charge on any atom is -0.495 e. The molecule has 7 heteroatoms. The Balaban J connectivity index is 2.95. The van der Waals surface area contributed by atoms with Crippen LogP contribution in [0.5, 0.6) is 5.75 Å². The molecule has 6 nitrogen and oxygen atoms in total. The summed E-state index contributed by atoms with van der Waals surface area (Å²) in [7, 11) is 2.87. The SMILES string of the molecule is COC(=O)[C@H](Cc1cc(C)c(OC)c(Br)c1)NC(=O)OC(C)(C)C. The largest absolute Gasteiger partial charge is 0.495 e. The van der Waals surface area contributed by atoms with E-state index < -0.39 is 23.7 Å². The van der Waals surface area contributed by atoms with Gasteiger partial charge in [-0.2, -0.15) is 0 Å². The number of hydrogen-bond acceptors (Lipinski definition) is 5. The van der Waals surface area contributed by atoms with E-state index in [9.17, 15) is 9.59 Å². The molecule has 0 bridgehead atoms. The second-order valence-corrected chi connectivity index (χ2v) is 7.21. The van der Waals surface area contributed by atoms with Crippen LogP contribution < -0.4 is 10.1 Å². The van der Waals surface area contributed by atoms with Gasteiger partial charge >= 0.3 is 12.1 Å². The van der Waals surface area contributed by atoms with Crippen LogP contribution in [0.2, 0.25) is 0 Å². The standard InChI is InChI=1S/C17H24BrNO5/c1-10-7-11(8-12(18)14(10)22-5)9-13(15(20)23-6)19-16(21)24-17(2,3)4/h7-8,13H,9H2,1-6H3,(H,19,21)/t13-/m0/s1. The smallest absolute Gasteiger partial charge is 0.408 e. The Labute approximate surface area is 151 Å². The summed E-state index contributed by atoms with van der Waals surface area (Å²) in [6, 6.07) is 2.90. The fourth-order valence-corrected chi connectivity index (χ4v) is 2.97. The van der Waals surface area contributed by atoms with Crippen molar-refractivity contribution >= 4 is 28.0 Å². The van der Waals surface area contributed by atoms with Gasteiger partial charge in [-0.25, -0.2) is 9.59 Å². The number of benzene rings is 1. The molecule has 1 atom stereocenters. The lowest BCUT2D eigenvalue weighted by atomic mass is 10.0. The lowest BCUT2D eigenvalue weighted by Crippen LogP contribution is -2.45. The van der Waals surface area contributed by atoms with E-state index in [-0.39, 0.29) is 6.42 Å². The second-order valence-electron chi connectivity index (χ2n) is 6.35. The summed E-state index contributed by atoms with van der Waals surface area (Å²) < 4.78 is 16.0. The van der Waals surface area contributed by atoms with Crippen molar-refractivity contribution < 1.29 is 23.8 Å². The second kappa shape index (κ2) is 8.37. The average Bonchev–Trinajstić information content (AvgIpc) is 2.43. The third-order valence-electron chi connectivity index (χ3n) is 3.11. The number of rotatable bonds is 5. The zero-order chi connectivity index (χ0) is 18.5. The molecule has 0 saturated carbocycles. The summed E-state index contributed by atoms with van der Waals surface area (Å²) in [6.07, 6.45) is -0.391. The molecular formula is C17H24BrNO5. The zero-order valence-corrected chi connectivity index (χ0v) is 16.4. The topological polar surface area (TPSA) is 73.9 Å². The third-order valence-corrected chi connectivity index (χ3v) is 3.70. The first-order valence-electron chi connectivity index (χ1n) is 7.47. The number of ether oxygens (including phenoxy) is 3. The minimum absolute atomic E-state index is 0.273. The van der Waals surface area contributed by atoms with Gasteiger partial charge in [-0.3, -0.25) is 0 Å². The molecular weight excluding hydrogens is 378 g/mol. The summed E-state index contributed by atoms with van der Waals surface area (Å²) in [5, 5.41) is 2.56. The van der Waals surface area contributed by atoms with Crippen molar-refractivity contribution in [3.63, 3.8) is 0 Å². The molecule has 0 unspecified atom stereocenters. The number of esters is 1. The molecule has 0 radical (unpaired) electrons. The highest BCUT2D eigenvalue weighted by Gasteiger charge is 2.25. The van der Waals surface area contributed by atoms with Crippen LogP contribution in [-0.4, -0.2) is 37.9 Å². The van der Waals surface area contributed by atoms with Crippen LogP contribution in [0.3, 0.4) is 0 Å². The molecule has 0 aliphatic rings. The van der Waals surface area contributed by atoms with Crippen LogP contribution in [-0.2, 0) is 20.7 Å². The van der Waals surface area contributed by atoms with Crippen LogP contribution in [0.1, 0.15) is 31.9 Å². The fourth-order valence-electron chi connectivity index (χ4n) is 2.20.